The Balaban J connectivity index is 1.59. The molecule has 0 saturated carbocycles. The lowest BCUT2D eigenvalue weighted by molar-refractivity contribution is -0.160. The molecule has 3 rings (SSSR count). The number of amides is 1. The molecule has 0 bridgehead atoms. The highest BCUT2D eigenvalue weighted by molar-refractivity contribution is 6.30. The van der Waals surface area contributed by atoms with Crippen LogP contribution >= 0.6 is 11.6 Å². The van der Waals surface area contributed by atoms with Crippen LogP contribution in [0.15, 0.2) is 24.3 Å². The summed E-state index contributed by atoms with van der Waals surface area (Å²) in [5.41, 5.74) is 0.216. The van der Waals surface area contributed by atoms with Crippen LogP contribution in [0.25, 0.3) is 0 Å². The Morgan fingerprint density at radius 3 is 2.44 bits per heavy atom. The molecule has 2 aliphatic rings. The molecule has 0 spiro atoms. The maximum atomic E-state index is 13.0. The van der Waals surface area contributed by atoms with Gasteiger partial charge in [0.05, 0.1) is 6.10 Å². The number of aliphatic hydroxyl groups is 1. The summed E-state index contributed by atoms with van der Waals surface area (Å²) in [5, 5.41) is 14.6. The summed E-state index contributed by atoms with van der Waals surface area (Å²) in [6, 6.07) is 7.36. The van der Waals surface area contributed by atoms with E-state index in [4.69, 9.17) is 16.3 Å². The average Bonchev–Trinajstić information content (AvgIpc) is 2.68. The van der Waals surface area contributed by atoms with Crippen LogP contribution < -0.4 is 5.32 Å². The Morgan fingerprint density at radius 2 is 1.88 bits per heavy atom. The number of benzene rings is 1. The van der Waals surface area contributed by atoms with Gasteiger partial charge in [0.25, 0.3) is 5.91 Å². The molecule has 1 aromatic carbocycles. The lowest BCUT2D eigenvalue weighted by atomic mass is 9.85. The highest BCUT2D eigenvalue weighted by Gasteiger charge is 2.43. The van der Waals surface area contributed by atoms with Gasteiger partial charge in [0.2, 0.25) is 0 Å². The van der Waals surface area contributed by atoms with Gasteiger partial charge in [-0.15, -0.1) is 0 Å². The number of aliphatic hydroxyl groups excluding tert-OH is 1. The number of methoxy groups -OCH3 is 1. The van der Waals surface area contributed by atoms with Crippen molar-refractivity contribution in [1.82, 2.24) is 10.2 Å². The Bertz CT molecular complexity index is 579. The number of carbonyl (C=O) groups is 1. The van der Waals surface area contributed by atoms with Crippen molar-refractivity contribution in [2.45, 2.75) is 37.4 Å². The van der Waals surface area contributed by atoms with Gasteiger partial charge in [0.15, 0.2) is 0 Å². The van der Waals surface area contributed by atoms with E-state index in [2.05, 4.69) is 5.32 Å². The summed E-state index contributed by atoms with van der Waals surface area (Å²) in [5.74, 6) is 0.271. The zero-order valence-corrected chi connectivity index (χ0v) is 15.5. The van der Waals surface area contributed by atoms with E-state index in [-0.39, 0.29) is 11.8 Å². The van der Waals surface area contributed by atoms with Crippen molar-refractivity contribution in [3.8, 4) is 0 Å². The Hall–Kier alpha value is -1.14. The minimum Gasteiger partial charge on any atom is -0.388 e. The highest BCUT2D eigenvalue weighted by Crippen LogP contribution is 2.33. The van der Waals surface area contributed by atoms with Crippen molar-refractivity contribution in [2.24, 2.45) is 5.92 Å². The number of piperidine rings is 2. The van der Waals surface area contributed by atoms with E-state index in [0.717, 1.165) is 44.3 Å². The third-order valence-electron chi connectivity index (χ3n) is 5.68. The van der Waals surface area contributed by atoms with Gasteiger partial charge < -0.3 is 20.1 Å². The van der Waals surface area contributed by atoms with Crippen LogP contribution in [0.3, 0.4) is 0 Å². The predicted octanol–water partition coefficient (Wildman–Crippen LogP) is 2.38. The predicted molar refractivity (Wildman–Crippen MR) is 97.6 cm³/mol. The van der Waals surface area contributed by atoms with Gasteiger partial charge in [-0.1, -0.05) is 23.7 Å². The molecule has 1 aromatic rings. The van der Waals surface area contributed by atoms with Crippen molar-refractivity contribution < 1.29 is 14.6 Å². The van der Waals surface area contributed by atoms with Crippen LogP contribution in [0.5, 0.6) is 0 Å². The minimum atomic E-state index is -0.674. The molecule has 6 heteroatoms. The third kappa shape index (κ3) is 4.00. The first kappa shape index (κ1) is 18.6. The Labute approximate surface area is 154 Å². The fourth-order valence-corrected chi connectivity index (χ4v) is 4.10. The minimum absolute atomic E-state index is 0.107. The number of likely N-dealkylation sites (tertiary alicyclic amines) is 1. The number of hydrogen-bond acceptors (Lipinski definition) is 4. The zero-order chi connectivity index (χ0) is 17.9. The second-order valence-electron chi connectivity index (χ2n) is 7.07. The molecule has 0 radical (unpaired) electrons. The van der Waals surface area contributed by atoms with Gasteiger partial charge in [0.1, 0.15) is 5.60 Å². The number of nitrogens with one attached hydrogen (secondary N) is 1. The molecule has 138 valence electrons. The number of hydrogen-bond donors (Lipinski definition) is 2. The average molecular weight is 367 g/mol. The quantitative estimate of drug-likeness (QED) is 0.858. The molecule has 2 saturated heterocycles. The van der Waals surface area contributed by atoms with Crippen molar-refractivity contribution >= 4 is 17.5 Å². The van der Waals surface area contributed by atoms with E-state index >= 15 is 0 Å². The topological polar surface area (TPSA) is 61.8 Å². The second-order valence-corrected chi connectivity index (χ2v) is 7.51. The standard InChI is InChI=1S/C19H27ClN2O3/c1-25-19(8-10-21-11-9-19)18(24)22-12-6-15(7-13-22)17(23)14-2-4-16(20)5-3-14/h2-5,15,17,21,23H,6-13H2,1H3. The summed E-state index contributed by atoms with van der Waals surface area (Å²) >= 11 is 5.91. The van der Waals surface area contributed by atoms with Gasteiger partial charge in [-0.05, 0) is 62.4 Å². The van der Waals surface area contributed by atoms with Crippen molar-refractivity contribution in [3.05, 3.63) is 34.9 Å². The van der Waals surface area contributed by atoms with E-state index in [1.165, 1.54) is 0 Å². The molecule has 0 aliphatic carbocycles. The van der Waals surface area contributed by atoms with Gasteiger partial charge in [-0.25, -0.2) is 0 Å². The van der Waals surface area contributed by atoms with Crippen molar-refractivity contribution in [1.29, 1.82) is 0 Å². The molecule has 25 heavy (non-hydrogen) atoms. The fraction of sp³-hybridized carbons (Fsp3) is 0.632. The monoisotopic (exact) mass is 366 g/mol. The molecule has 2 aliphatic heterocycles. The van der Waals surface area contributed by atoms with Crippen LogP contribution in [0.1, 0.15) is 37.4 Å². The smallest absolute Gasteiger partial charge is 0.254 e. The van der Waals surface area contributed by atoms with Gasteiger partial charge in [0, 0.05) is 25.2 Å². The van der Waals surface area contributed by atoms with Crippen LogP contribution in [0.4, 0.5) is 0 Å². The lowest BCUT2D eigenvalue weighted by Crippen LogP contribution is -2.56. The lowest BCUT2D eigenvalue weighted by Gasteiger charge is -2.42. The van der Waals surface area contributed by atoms with Crippen LogP contribution in [0.2, 0.25) is 5.02 Å². The molecule has 2 fully saturated rings. The van der Waals surface area contributed by atoms with E-state index < -0.39 is 11.7 Å². The van der Waals surface area contributed by atoms with Gasteiger partial charge in [-0.3, -0.25) is 4.79 Å². The molecule has 1 unspecified atom stereocenters. The first-order valence-electron chi connectivity index (χ1n) is 9.04. The van der Waals surface area contributed by atoms with Crippen molar-refractivity contribution in [2.75, 3.05) is 33.3 Å². The first-order valence-corrected chi connectivity index (χ1v) is 9.42. The van der Waals surface area contributed by atoms with Crippen molar-refractivity contribution in [3.63, 3.8) is 0 Å². The first-order chi connectivity index (χ1) is 12.1. The number of ether oxygens (including phenoxy) is 1. The van der Waals surface area contributed by atoms with Gasteiger partial charge >= 0.3 is 0 Å². The molecule has 2 heterocycles. The molecular formula is C19H27ClN2O3. The normalized spacial score (nSPS) is 22.6. The number of halogens is 1. The van der Waals surface area contributed by atoms with E-state index in [1.54, 1.807) is 19.2 Å². The maximum absolute atomic E-state index is 13.0. The third-order valence-corrected chi connectivity index (χ3v) is 5.93. The maximum Gasteiger partial charge on any atom is 0.254 e. The fourth-order valence-electron chi connectivity index (χ4n) is 3.97. The molecular weight excluding hydrogens is 340 g/mol. The summed E-state index contributed by atoms with van der Waals surface area (Å²) in [6.45, 7) is 2.97. The number of carbonyl (C=O) groups excluding carboxylic acids is 1. The second kappa shape index (κ2) is 8.04. The molecule has 1 amide bonds. The number of rotatable bonds is 4. The van der Waals surface area contributed by atoms with Gasteiger partial charge in [-0.2, -0.15) is 0 Å². The van der Waals surface area contributed by atoms with Crippen LogP contribution in [-0.2, 0) is 9.53 Å². The summed E-state index contributed by atoms with van der Waals surface area (Å²) in [6.07, 6.45) is 2.52. The molecule has 2 N–H and O–H groups in total. The Morgan fingerprint density at radius 1 is 1.28 bits per heavy atom. The summed E-state index contributed by atoms with van der Waals surface area (Å²) in [7, 11) is 1.64. The molecule has 0 aromatic heterocycles. The van der Waals surface area contributed by atoms with E-state index in [1.807, 2.05) is 17.0 Å². The van der Waals surface area contributed by atoms with Crippen LogP contribution in [-0.4, -0.2) is 54.8 Å². The highest BCUT2D eigenvalue weighted by atomic mass is 35.5. The Kier molecular flexibility index (Phi) is 6.00. The SMILES string of the molecule is COC1(C(=O)N2CCC(C(O)c3ccc(Cl)cc3)CC2)CCNCC1. The molecule has 5 nitrogen and oxygen atoms in total. The van der Waals surface area contributed by atoms with E-state index in [9.17, 15) is 9.90 Å². The largest absolute Gasteiger partial charge is 0.388 e. The van der Waals surface area contributed by atoms with Crippen LogP contribution in [0, 0.1) is 5.92 Å². The molecule has 1 atom stereocenters. The summed E-state index contributed by atoms with van der Waals surface area (Å²) in [4.78, 5) is 14.9. The van der Waals surface area contributed by atoms with E-state index in [0.29, 0.717) is 18.1 Å². The summed E-state index contributed by atoms with van der Waals surface area (Å²) < 4.78 is 5.66. The zero-order valence-electron chi connectivity index (χ0n) is 14.7. The number of nitrogens with zero attached hydrogens (tertiary/aromatic N) is 1.